The second kappa shape index (κ2) is 8.32. The van der Waals surface area contributed by atoms with Gasteiger partial charge in [0.1, 0.15) is 24.5 Å². The number of nitrogens with one attached hydrogen (secondary N) is 1. The van der Waals surface area contributed by atoms with Crippen LogP contribution in [0.1, 0.15) is 20.1 Å². The lowest BCUT2D eigenvalue weighted by Crippen LogP contribution is -2.39. The summed E-state index contributed by atoms with van der Waals surface area (Å²) in [4.78, 5) is 24.7. The van der Waals surface area contributed by atoms with Gasteiger partial charge in [0.15, 0.2) is 6.23 Å². The third-order valence-electron chi connectivity index (χ3n) is 3.29. The average Bonchev–Trinajstić information content (AvgIpc) is 2.82. The lowest BCUT2D eigenvalue weighted by atomic mass is 10.1. The Labute approximate surface area is 141 Å². The molecule has 0 aromatic carbocycles. The Morgan fingerprint density at radius 3 is 2.44 bits per heavy atom. The molecule has 4 atom stereocenters. The van der Waals surface area contributed by atoms with Crippen LogP contribution in [0.2, 0.25) is 0 Å². The minimum Gasteiger partial charge on any atom is -0.387 e. The molecule has 25 heavy (non-hydrogen) atoms. The smallest absolute Gasteiger partial charge is 0.387 e. The van der Waals surface area contributed by atoms with Crippen LogP contribution in [0.4, 0.5) is 0 Å². The van der Waals surface area contributed by atoms with E-state index in [1.165, 1.54) is 0 Å². The first-order valence-electron chi connectivity index (χ1n) is 7.54. The summed E-state index contributed by atoms with van der Waals surface area (Å²) in [6.45, 7) is 2.93. The lowest BCUT2D eigenvalue weighted by molar-refractivity contribution is -0.0626. The molecule has 3 N–H and O–H groups in total. The number of aliphatic hydroxyl groups is 2. The van der Waals surface area contributed by atoms with Crippen molar-refractivity contribution in [2.75, 3.05) is 19.8 Å². The fourth-order valence-corrected chi connectivity index (χ4v) is 3.39. The van der Waals surface area contributed by atoms with Crippen molar-refractivity contribution < 1.29 is 33.1 Å². The summed E-state index contributed by atoms with van der Waals surface area (Å²) in [5, 5.41) is 23.7. The van der Waals surface area contributed by atoms with E-state index in [9.17, 15) is 24.4 Å². The van der Waals surface area contributed by atoms with Crippen molar-refractivity contribution in [3.8, 4) is 0 Å². The van der Waals surface area contributed by atoms with E-state index in [-0.39, 0.29) is 13.2 Å². The zero-order valence-electron chi connectivity index (χ0n) is 13.6. The molecule has 0 bridgehead atoms. The topological polar surface area (TPSA) is 162 Å². The Hall–Kier alpha value is -1.40. The zero-order chi connectivity index (χ0) is 18.6. The summed E-state index contributed by atoms with van der Waals surface area (Å²) < 4.78 is 33.2. The van der Waals surface area contributed by atoms with Crippen LogP contribution in [0.3, 0.4) is 0 Å². The van der Waals surface area contributed by atoms with Gasteiger partial charge in [0.2, 0.25) is 0 Å². The van der Waals surface area contributed by atoms with E-state index in [1.54, 1.807) is 13.8 Å². The van der Waals surface area contributed by atoms with Gasteiger partial charge in [0.05, 0.1) is 19.8 Å². The predicted molar refractivity (Wildman–Crippen MR) is 81.9 cm³/mol. The lowest BCUT2D eigenvalue weighted by Gasteiger charge is -2.20. The maximum Gasteiger partial charge on any atom is 0.474 e. The number of nitrogens with zero attached hydrogens (tertiary/aromatic N) is 2. The quantitative estimate of drug-likeness (QED) is 0.464. The van der Waals surface area contributed by atoms with Crippen molar-refractivity contribution in [2.45, 2.75) is 38.4 Å². The fraction of sp³-hybridized carbons (Fsp3) is 0.750. The van der Waals surface area contributed by atoms with Gasteiger partial charge in [-0.2, -0.15) is 9.78 Å². The summed E-state index contributed by atoms with van der Waals surface area (Å²) >= 11 is 0. The van der Waals surface area contributed by atoms with Gasteiger partial charge in [-0.05, 0) is 13.8 Å². The third-order valence-corrected chi connectivity index (χ3v) is 4.90. The van der Waals surface area contributed by atoms with Gasteiger partial charge in [-0.1, -0.05) is 0 Å². The van der Waals surface area contributed by atoms with E-state index in [4.69, 9.17) is 18.3 Å². The Morgan fingerprint density at radius 1 is 1.24 bits per heavy atom. The number of aromatic nitrogens is 3. The number of H-pyrrole nitrogens is 1. The number of phosphoric acid groups is 1. The normalized spacial score (nSPS) is 26.9. The fourth-order valence-electron chi connectivity index (χ4n) is 2.20. The summed E-state index contributed by atoms with van der Waals surface area (Å²) in [5.74, 6) is 0. The van der Waals surface area contributed by atoms with Crippen LogP contribution < -0.4 is 11.2 Å². The summed E-state index contributed by atoms with van der Waals surface area (Å²) in [7, 11) is -3.83. The molecule has 1 fully saturated rings. The molecule has 1 aromatic rings. The van der Waals surface area contributed by atoms with Crippen LogP contribution in [-0.2, 0) is 22.9 Å². The summed E-state index contributed by atoms with van der Waals surface area (Å²) in [6, 6.07) is 0. The van der Waals surface area contributed by atoms with E-state index < -0.39 is 50.2 Å². The van der Waals surface area contributed by atoms with E-state index in [2.05, 4.69) is 5.10 Å². The van der Waals surface area contributed by atoms with Gasteiger partial charge in [0.25, 0.3) is 5.56 Å². The van der Waals surface area contributed by atoms with Crippen molar-refractivity contribution in [1.29, 1.82) is 0 Å². The minimum absolute atomic E-state index is 0.0767. The van der Waals surface area contributed by atoms with Gasteiger partial charge >= 0.3 is 13.5 Å². The minimum atomic E-state index is -3.83. The van der Waals surface area contributed by atoms with Crippen molar-refractivity contribution in [3.05, 3.63) is 27.0 Å². The van der Waals surface area contributed by atoms with Crippen molar-refractivity contribution in [2.24, 2.45) is 0 Å². The van der Waals surface area contributed by atoms with E-state index >= 15 is 0 Å². The summed E-state index contributed by atoms with van der Waals surface area (Å²) in [5.41, 5.74) is -1.64. The third kappa shape index (κ3) is 4.61. The number of aromatic amines is 1. The number of ether oxygens (including phenoxy) is 1. The van der Waals surface area contributed by atoms with Gasteiger partial charge in [0, 0.05) is 0 Å². The Kier molecular flexibility index (Phi) is 6.63. The van der Waals surface area contributed by atoms with Crippen LogP contribution >= 0.6 is 7.82 Å². The molecule has 0 amide bonds. The Balaban J connectivity index is 2.10. The molecule has 0 radical (unpaired) electrons. The molecule has 1 aromatic heterocycles. The molecule has 1 saturated heterocycles. The molecule has 0 spiro atoms. The maximum absolute atomic E-state index is 12.2. The van der Waals surface area contributed by atoms with Gasteiger partial charge in [-0.3, -0.25) is 23.3 Å². The van der Waals surface area contributed by atoms with Crippen LogP contribution in [-0.4, -0.2) is 63.1 Å². The van der Waals surface area contributed by atoms with Gasteiger partial charge in [-0.25, -0.2) is 9.36 Å². The molecule has 2 rings (SSSR count). The second-order valence-corrected chi connectivity index (χ2v) is 6.68. The van der Waals surface area contributed by atoms with Crippen LogP contribution in [0.15, 0.2) is 15.8 Å². The highest BCUT2D eigenvalue weighted by Crippen LogP contribution is 2.49. The first-order chi connectivity index (χ1) is 11.8. The van der Waals surface area contributed by atoms with Crippen LogP contribution in [0.5, 0.6) is 0 Å². The predicted octanol–water partition coefficient (Wildman–Crippen LogP) is -1.25. The number of hydrogen-bond donors (Lipinski definition) is 3. The molecule has 142 valence electrons. The number of phosphoric ester groups is 1. The molecular weight excluding hydrogens is 361 g/mol. The maximum atomic E-state index is 12.2. The number of rotatable bonds is 8. The molecule has 1 aliphatic rings. The molecular formula is C12H20N3O9P. The van der Waals surface area contributed by atoms with Crippen molar-refractivity contribution in [3.63, 3.8) is 0 Å². The molecule has 1 unspecified atom stereocenters. The van der Waals surface area contributed by atoms with E-state index in [1.807, 2.05) is 4.98 Å². The highest BCUT2D eigenvalue weighted by molar-refractivity contribution is 7.48. The van der Waals surface area contributed by atoms with E-state index in [0.29, 0.717) is 4.68 Å². The molecule has 1 aliphatic heterocycles. The van der Waals surface area contributed by atoms with Crippen molar-refractivity contribution in [1.82, 2.24) is 14.8 Å². The first-order valence-corrected chi connectivity index (χ1v) is 9.00. The van der Waals surface area contributed by atoms with E-state index in [0.717, 1.165) is 6.20 Å². The highest BCUT2D eigenvalue weighted by Gasteiger charge is 2.46. The average molecular weight is 381 g/mol. The highest BCUT2D eigenvalue weighted by atomic mass is 31.2. The van der Waals surface area contributed by atoms with Crippen molar-refractivity contribution >= 4 is 7.82 Å². The van der Waals surface area contributed by atoms with Gasteiger partial charge < -0.3 is 14.9 Å². The monoisotopic (exact) mass is 381 g/mol. The van der Waals surface area contributed by atoms with Crippen LogP contribution in [0.25, 0.3) is 0 Å². The SMILES string of the molecule is CCOP(=O)(OCC)OC[C@H]1O[C@@H](n2ncc(=O)[nH]c2=O)C(O)[C@H]1O. The zero-order valence-corrected chi connectivity index (χ0v) is 14.5. The molecule has 0 aliphatic carbocycles. The molecule has 0 saturated carbocycles. The summed E-state index contributed by atoms with van der Waals surface area (Å²) in [6.07, 6.45) is -4.64. The Morgan fingerprint density at radius 2 is 1.88 bits per heavy atom. The van der Waals surface area contributed by atoms with Gasteiger partial charge in [-0.15, -0.1) is 0 Å². The first kappa shape index (κ1) is 19.9. The molecule has 12 nitrogen and oxygen atoms in total. The molecule has 13 heteroatoms. The second-order valence-electron chi connectivity index (χ2n) is 5.01. The largest absolute Gasteiger partial charge is 0.474 e. The number of aliphatic hydroxyl groups excluding tert-OH is 2. The standard InChI is InChI=1S/C12H20N3O9P/c1-3-21-25(20,22-4-2)23-6-7-9(17)10(18)11(24-7)15-12(19)14-8(16)5-13-15/h5,7,9-11,17-18H,3-4,6H2,1-2H3,(H,14,16,19)/t7-,9+,10?,11-/m1/s1. The van der Waals surface area contributed by atoms with Crippen LogP contribution in [0, 0.1) is 0 Å². The number of hydrogen-bond acceptors (Lipinski definition) is 10. The molecule has 2 heterocycles. The Bertz CT molecular complexity index is 725.